The Balaban J connectivity index is 2.12. The Morgan fingerprint density at radius 2 is 2.36 bits per heavy atom. The first-order valence-corrected chi connectivity index (χ1v) is 4.51. The van der Waals surface area contributed by atoms with Crippen LogP contribution in [0.3, 0.4) is 0 Å². The molecule has 0 unspecified atom stereocenters. The zero-order chi connectivity index (χ0) is 9.97. The molecule has 0 radical (unpaired) electrons. The maximum Gasteiger partial charge on any atom is 0.270 e. The lowest BCUT2D eigenvalue weighted by molar-refractivity contribution is 0.0946. The minimum atomic E-state index is -0.198. The van der Waals surface area contributed by atoms with E-state index in [4.69, 9.17) is 0 Å². The number of pyridine rings is 1. The lowest BCUT2D eigenvalue weighted by Gasteiger charge is -2.01. The summed E-state index contributed by atoms with van der Waals surface area (Å²) in [5.41, 5.74) is 0.780. The Hall–Kier alpha value is -1.71. The predicted octanol–water partition coefficient (Wildman–Crippen LogP) is 0.786. The van der Waals surface area contributed by atoms with E-state index in [1.807, 2.05) is 0 Å². The molecule has 2 rings (SSSR count). The molecular formula is C10H10N2O2. The van der Waals surface area contributed by atoms with E-state index in [9.17, 15) is 9.59 Å². The molecule has 14 heavy (non-hydrogen) atoms. The summed E-state index contributed by atoms with van der Waals surface area (Å²) in [5.74, 6) is -0.198. The maximum absolute atomic E-state index is 11.5. The number of carbonyl (C=O) groups is 2. The van der Waals surface area contributed by atoms with Crippen LogP contribution in [0.15, 0.2) is 18.3 Å². The van der Waals surface area contributed by atoms with Crippen LogP contribution in [-0.4, -0.2) is 23.2 Å². The van der Waals surface area contributed by atoms with Gasteiger partial charge in [-0.05, 0) is 25.0 Å². The summed E-state index contributed by atoms with van der Waals surface area (Å²) in [6.45, 7) is 0. The van der Waals surface area contributed by atoms with Gasteiger partial charge in [0.25, 0.3) is 5.91 Å². The van der Waals surface area contributed by atoms with Gasteiger partial charge in [0.2, 0.25) is 0 Å². The molecule has 1 fully saturated rings. The molecule has 1 aliphatic rings. The van der Waals surface area contributed by atoms with Gasteiger partial charge in [-0.2, -0.15) is 0 Å². The molecule has 1 heterocycles. The number of rotatable bonds is 3. The molecule has 0 aliphatic heterocycles. The lowest BCUT2D eigenvalue weighted by Crippen LogP contribution is -2.26. The van der Waals surface area contributed by atoms with Crippen LogP contribution in [-0.2, 0) is 0 Å². The van der Waals surface area contributed by atoms with Crippen LogP contribution in [0.1, 0.15) is 33.7 Å². The summed E-state index contributed by atoms with van der Waals surface area (Å²) in [5, 5.41) is 2.80. The topological polar surface area (TPSA) is 59.1 Å². The summed E-state index contributed by atoms with van der Waals surface area (Å²) in [6.07, 6.45) is 4.25. The van der Waals surface area contributed by atoms with Crippen LogP contribution >= 0.6 is 0 Å². The zero-order valence-electron chi connectivity index (χ0n) is 7.56. The van der Waals surface area contributed by atoms with Gasteiger partial charge in [0.15, 0.2) is 0 Å². The van der Waals surface area contributed by atoms with Gasteiger partial charge >= 0.3 is 0 Å². The molecule has 1 amide bonds. The standard InChI is InChI=1S/C10H10N2O2/c13-6-7-3-4-11-9(5-7)10(14)12-8-1-2-8/h3-6,8H,1-2H2,(H,12,14). The number of nitrogens with one attached hydrogen (secondary N) is 1. The second kappa shape index (κ2) is 3.57. The Labute approximate surface area is 81.3 Å². The van der Waals surface area contributed by atoms with Gasteiger partial charge in [0.1, 0.15) is 12.0 Å². The van der Waals surface area contributed by atoms with Crippen LogP contribution < -0.4 is 5.32 Å². The SMILES string of the molecule is O=Cc1ccnc(C(=O)NC2CC2)c1. The van der Waals surface area contributed by atoms with E-state index < -0.39 is 0 Å². The average Bonchev–Trinajstić information content (AvgIpc) is 3.02. The summed E-state index contributed by atoms with van der Waals surface area (Å²) in [4.78, 5) is 25.8. The van der Waals surface area contributed by atoms with Crippen molar-refractivity contribution < 1.29 is 9.59 Å². The van der Waals surface area contributed by atoms with Crippen molar-refractivity contribution in [3.05, 3.63) is 29.6 Å². The fourth-order valence-corrected chi connectivity index (χ4v) is 1.13. The summed E-state index contributed by atoms with van der Waals surface area (Å²) in [7, 11) is 0. The molecule has 0 spiro atoms. The number of aromatic nitrogens is 1. The Kier molecular flexibility index (Phi) is 2.26. The van der Waals surface area contributed by atoms with Gasteiger partial charge in [-0.3, -0.25) is 14.6 Å². The van der Waals surface area contributed by atoms with Crippen molar-refractivity contribution in [1.29, 1.82) is 0 Å². The van der Waals surface area contributed by atoms with E-state index in [2.05, 4.69) is 10.3 Å². The van der Waals surface area contributed by atoms with Gasteiger partial charge in [0.05, 0.1) is 0 Å². The van der Waals surface area contributed by atoms with Crippen LogP contribution in [0.5, 0.6) is 0 Å². The third-order valence-corrected chi connectivity index (χ3v) is 2.07. The van der Waals surface area contributed by atoms with Crippen molar-refractivity contribution >= 4 is 12.2 Å². The third kappa shape index (κ3) is 1.96. The average molecular weight is 190 g/mol. The quantitative estimate of drug-likeness (QED) is 0.717. The van der Waals surface area contributed by atoms with Crippen LogP contribution in [0, 0.1) is 0 Å². The minimum absolute atomic E-state index is 0.198. The van der Waals surface area contributed by atoms with Crippen molar-refractivity contribution in [3.63, 3.8) is 0 Å². The molecule has 1 aromatic rings. The number of aldehydes is 1. The molecule has 0 aromatic carbocycles. The molecule has 0 bridgehead atoms. The van der Waals surface area contributed by atoms with Crippen molar-refractivity contribution in [1.82, 2.24) is 10.3 Å². The molecule has 1 aromatic heterocycles. The largest absolute Gasteiger partial charge is 0.348 e. The molecule has 4 nitrogen and oxygen atoms in total. The fourth-order valence-electron chi connectivity index (χ4n) is 1.13. The minimum Gasteiger partial charge on any atom is -0.348 e. The summed E-state index contributed by atoms with van der Waals surface area (Å²) >= 11 is 0. The van der Waals surface area contributed by atoms with E-state index in [1.165, 1.54) is 12.3 Å². The van der Waals surface area contributed by atoms with E-state index in [0.717, 1.165) is 12.8 Å². The number of amides is 1. The maximum atomic E-state index is 11.5. The van der Waals surface area contributed by atoms with Crippen molar-refractivity contribution in [2.24, 2.45) is 0 Å². The van der Waals surface area contributed by atoms with Crippen molar-refractivity contribution in [3.8, 4) is 0 Å². The molecule has 1 N–H and O–H groups in total. The van der Waals surface area contributed by atoms with E-state index >= 15 is 0 Å². The van der Waals surface area contributed by atoms with Gasteiger partial charge < -0.3 is 5.32 Å². The third-order valence-electron chi connectivity index (χ3n) is 2.07. The Morgan fingerprint density at radius 1 is 1.57 bits per heavy atom. The number of carbonyl (C=O) groups excluding carboxylic acids is 2. The molecule has 1 saturated carbocycles. The highest BCUT2D eigenvalue weighted by atomic mass is 16.2. The second-order valence-corrected chi connectivity index (χ2v) is 3.34. The van der Waals surface area contributed by atoms with Gasteiger partial charge in [-0.25, -0.2) is 0 Å². The molecule has 1 aliphatic carbocycles. The van der Waals surface area contributed by atoms with Gasteiger partial charge in [0, 0.05) is 17.8 Å². The lowest BCUT2D eigenvalue weighted by atomic mass is 10.2. The Bertz CT molecular complexity index is 372. The summed E-state index contributed by atoms with van der Waals surface area (Å²) < 4.78 is 0. The van der Waals surface area contributed by atoms with Crippen LogP contribution in [0.4, 0.5) is 0 Å². The number of nitrogens with zero attached hydrogens (tertiary/aromatic N) is 1. The first kappa shape index (κ1) is 8.87. The van der Waals surface area contributed by atoms with E-state index in [-0.39, 0.29) is 5.91 Å². The Morgan fingerprint density at radius 3 is 3.00 bits per heavy atom. The smallest absolute Gasteiger partial charge is 0.270 e. The fraction of sp³-hybridized carbons (Fsp3) is 0.300. The normalized spacial score (nSPS) is 14.9. The molecular weight excluding hydrogens is 180 g/mol. The molecule has 0 saturated heterocycles. The number of hydrogen-bond donors (Lipinski definition) is 1. The van der Waals surface area contributed by atoms with E-state index in [1.54, 1.807) is 6.07 Å². The van der Waals surface area contributed by atoms with Crippen LogP contribution in [0.25, 0.3) is 0 Å². The number of hydrogen-bond acceptors (Lipinski definition) is 3. The highest BCUT2D eigenvalue weighted by molar-refractivity contribution is 5.94. The molecule has 72 valence electrons. The first-order valence-electron chi connectivity index (χ1n) is 4.51. The van der Waals surface area contributed by atoms with Crippen molar-refractivity contribution in [2.45, 2.75) is 18.9 Å². The monoisotopic (exact) mass is 190 g/mol. The zero-order valence-corrected chi connectivity index (χ0v) is 7.56. The highest BCUT2D eigenvalue weighted by Gasteiger charge is 2.24. The first-order chi connectivity index (χ1) is 6.79. The highest BCUT2D eigenvalue weighted by Crippen LogP contribution is 2.19. The molecule has 4 heteroatoms. The molecule has 0 atom stereocenters. The predicted molar refractivity (Wildman–Crippen MR) is 50.1 cm³/mol. The van der Waals surface area contributed by atoms with Gasteiger partial charge in [-0.1, -0.05) is 0 Å². The van der Waals surface area contributed by atoms with Crippen LogP contribution in [0.2, 0.25) is 0 Å². The van der Waals surface area contributed by atoms with Gasteiger partial charge in [-0.15, -0.1) is 0 Å². The second-order valence-electron chi connectivity index (χ2n) is 3.34. The summed E-state index contributed by atoms with van der Waals surface area (Å²) in [6, 6.07) is 3.37. The van der Waals surface area contributed by atoms with E-state index in [0.29, 0.717) is 23.6 Å². The van der Waals surface area contributed by atoms with Crippen molar-refractivity contribution in [2.75, 3.05) is 0 Å².